The predicted molar refractivity (Wildman–Crippen MR) is 102 cm³/mol. The largest absolute Gasteiger partial charge is 0.325 e. The zero-order chi connectivity index (χ0) is 18.9. The number of halogens is 1. The van der Waals surface area contributed by atoms with E-state index >= 15 is 0 Å². The Morgan fingerprint density at radius 3 is 2.65 bits per heavy atom. The topological polar surface area (TPSA) is 98.1 Å². The second kappa shape index (κ2) is 9.65. The number of para-hydroxylation sites is 1. The van der Waals surface area contributed by atoms with Crippen molar-refractivity contribution < 1.29 is 9.59 Å². The van der Waals surface area contributed by atoms with Crippen LogP contribution in [0.2, 0.25) is 0 Å². The Morgan fingerprint density at radius 1 is 1.19 bits per heavy atom. The predicted octanol–water partition coefficient (Wildman–Crippen LogP) is 2.61. The van der Waals surface area contributed by atoms with Gasteiger partial charge in [0.1, 0.15) is 11.9 Å². The molecule has 8 heteroatoms. The molecule has 2 rings (SSSR count). The van der Waals surface area contributed by atoms with Gasteiger partial charge in [0.25, 0.3) is 0 Å². The number of anilines is 2. The van der Waals surface area contributed by atoms with Gasteiger partial charge in [0.15, 0.2) is 0 Å². The first-order valence-electron chi connectivity index (χ1n) is 7.87. The summed E-state index contributed by atoms with van der Waals surface area (Å²) in [4.78, 5) is 29.8. The smallest absolute Gasteiger partial charge is 0.239 e. The fourth-order valence-electron chi connectivity index (χ4n) is 2.15. The van der Waals surface area contributed by atoms with Crippen LogP contribution in [0.4, 0.5) is 11.5 Å². The van der Waals surface area contributed by atoms with Crippen molar-refractivity contribution in [3.8, 4) is 6.07 Å². The second-order valence-electron chi connectivity index (χ2n) is 5.60. The van der Waals surface area contributed by atoms with Crippen molar-refractivity contribution in [1.29, 1.82) is 5.26 Å². The van der Waals surface area contributed by atoms with Crippen molar-refractivity contribution in [3.63, 3.8) is 0 Å². The van der Waals surface area contributed by atoms with Crippen LogP contribution in [-0.2, 0) is 9.59 Å². The average Bonchev–Trinajstić information content (AvgIpc) is 2.62. The van der Waals surface area contributed by atoms with Crippen LogP contribution >= 0.6 is 15.9 Å². The molecular weight excluding hydrogens is 398 g/mol. The number of amides is 2. The lowest BCUT2D eigenvalue weighted by molar-refractivity contribution is -0.119. The van der Waals surface area contributed by atoms with E-state index in [1.165, 1.54) is 0 Å². The molecule has 0 aliphatic rings. The lowest BCUT2D eigenvalue weighted by Crippen LogP contribution is -2.32. The van der Waals surface area contributed by atoms with E-state index in [-0.39, 0.29) is 24.8 Å². The highest BCUT2D eigenvalue weighted by Gasteiger charge is 2.11. The van der Waals surface area contributed by atoms with Crippen molar-refractivity contribution in [2.24, 2.45) is 0 Å². The van der Waals surface area contributed by atoms with Crippen molar-refractivity contribution in [1.82, 2.24) is 9.88 Å². The first-order valence-corrected chi connectivity index (χ1v) is 8.66. The molecule has 1 heterocycles. The van der Waals surface area contributed by atoms with Gasteiger partial charge in [-0.2, -0.15) is 5.26 Å². The van der Waals surface area contributed by atoms with Crippen LogP contribution in [0.5, 0.6) is 0 Å². The zero-order valence-electron chi connectivity index (χ0n) is 14.2. The molecule has 0 radical (unpaired) electrons. The fraction of sp³-hybridized carbons (Fsp3) is 0.222. The van der Waals surface area contributed by atoms with Crippen molar-refractivity contribution >= 4 is 39.2 Å². The summed E-state index contributed by atoms with van der Waals surface area (Å²) in [7, 11) is 1.76. The zero-order valence-corrected chi connectivity index (χ0v) is 15.8. The summed E-state index contributed by atoms with van der Waals surface area (Å²) >= 11 is 3.28. The van der Waals surface area contributed by atoms with E-state index < -0.39 is 0 Å². The first-order chi connectivity index (χ1) is 12.5. The molecule has 2 amide bonds. The fourth-order valence-corrected chi connectivity index (χ4v) is 2.39. The molecule has 0 atom stereocenters. The summed E-state index contributed by atoms with van der Waals surface area (Å²) in [6.45, 7) is 0.543. The number of nitriles is 1. The van der Waals surface area contributed by atoms with Crippen LogP contribution in [0, 0.1) is 11.3 Å². The minimum Gasteiger partial charge on any atom is -0.325 e. The lowest BCUT2D eigenvalue weighted by atomic mass is 10.2. The van der Waals surface area contributed by atoms with Gasteiger partial charge in [-0.05, 0) is 47.2 Å². The average molecular weight is 416 g/mol. The summed E-state index contributed by atoms with van der Waals surface area (Å²) in [6, 6.07) is 12.3. The van der Waals surface area contributed by atoms with Gasteiger partial charge >= 0.3 is 0 Å². The van der Waals surface area contributed by atoms with Gasteiger partial charge in [-0.25, -0.2) is 4.98 Å². The number of carbonyl (C=O) groups is 2. The van der Waals surface area contributed by atoms with E-state index in [2.05, 4.69) is 31.5 Å². The number of benzene rings is 1. The Hall–Kier alpha value is -2.76. The molecule has 0 saturated heterocycles. The van der Waals surface area contributed by atoms with Crippen LogP contribution in [0.1, 0.15) is 12.0 Å². The number of nitrogens with one attached hydrogen (secondary N) is 2. The molecule has 2 N–H and O–H groups in total. The summed E-state index contributed by atoms with van der Waals surface area (Å²) in [5, 5.41) is 14.4. The number of nitrogens with zero attached hydrogens (tertiary/aromatic N) is 3. The van der Waals surface area contributed by atoms with E-state index in [4.69, 9.17) is 5.26 Å². The van der Waals surface area contributed by atoms with Crippen molar-refractivity contribution in [2.75, 3.05) is 30.8 Å². The van der Waals surface area contributed by atoms with E-state index in [0.29, 0.717) is 23.6 Å². The molecule has 2 aromatic rings. The van der Waals surface area contributed by atoms with Gasteiger partial charge in [-0.3, -0.25) is 14.5 Å². The SMILES string of the molecule is CN(CCC(=O)Nc1ccccc1C#N)CC(=O)Nc1ccc(Br)cn1. The van der Waals surface area contributed by atoms with E-state index in [9.17, 15) is 9.59 Å². The number of carbonyl (C=O) groups excluding carboxylic acids is 2. The highest BCUT2D eigenvalue weighted by molar-refractivity contribution is 9.10. The Bertz CT molecular complexity index is 817. The molecule has 0 bridgehead atoms. The standard InChI is InChI=1S/C18H18BrN5O2/c1-24(12-18(26)23-16-7-6-14(19)11-21-16)9-8-17(25)22-15-5-3-2-4-13(15)10-20/h2-7,11H,8-9,12H2,1H3,(H,22,25)(H,21,23,26). The maximum absolute atomic E-state index is 12.0. The molecule has 7 nitrogen and oxygen atoms in total. The van der Waals surface area contributed by atoms with Crippen molar-refractivity contribution in [3.05, 3.63) is 52.6 Å². The van der Waals surface area contributed by atoms with Gasteiger partial charge in [0.05, 0.1) is 17.8 Å². The molecule has 0 aliphatic heterocycles. The number of likely N-dealkylation sites (N-methyl/N-ethyl adjacent to an activating group) is 1. The quantitative estimate of drug-likeness (QED) is 0.723. The van der Waals surface area contributed by atoms with Crippen LogP contribution < -0.4 is 10.6 Å². The summed E-state index contributed by atoms with van der Waals surface area (Å²) in [5.41, 5.74) is 0.900. The molecule has 134 valence electrons. The highest BCUT2D eigenvalue weighted by Crippen LogP contribution is 2.14. The normalized spacial score (nSPS) is 10.2. The molecule has 0 spiro atoms. The third-order valence-electron chi connectivity index (χ3n) is 3.45. The molecule has 1 aromatic carbocycles. The Kier molecular flexibility index (Phi) is 7.26. The maximum Gasteiger partial charge on any atom is 0.239 e. The summed E-state index contributed by atoms with van der Waals surface area (Å²) in [6.07, 6.45) is 1.81. The van der Waals surface area contributed by atoms with Gasteiger partial charge in [0, 0.05) is 23.6 Å². The Morgan fingerprint density at radius 2 is 1.96 bits per heavy atom. The Balaban J connectivity index is 1.76. The van der Waals surface area contributed by atoms with E-state index in [1.54, 1.807) is 54.5 Å². The number of hydrogen-bond donors (Lipinski definition) is 2. The number of pyridine rings is 1. The molecule has 1 aromatic heterocycles. The van der Waals surface area contributed by atoms with Gasteiger partial charge < -0.3 is 10.6 Å². The van der Waals surface area contributed by atoms with E-state index in [0.717, 1.165) is 4.47 Å². The third kappa shape index (κ3) is 6.27. The summed E-state index contributed by atoms with van der Waals surface area (Å²) < 4.78 is 0.830. The molecule has 26 heavy (non-hydrogen) atoms. The monoisotopic (exact) mass is 415 g/mol. The highest BCUT2D eigenvalue weighted by atomic mass is 79.9. The molecule has 0 unspecified atom stereocenters. The van der Waals surface area contributed by atoms with Gasteiger partial charge in [0.2, 0.25) is 11.8 Å². The van der Waals surface area contributed by atoms with Crippen LogP contribution in [0.15, 0.2) is 47.1 Å². The summed E-state index contributed by atoms with van der Waals surface area (Å²) in [5.74, 6) is 0.0459. The van der Waals surface area contributed by atoms with Crippen LogP contribution in [0.3, 0.4) is 0 Å². The van der Waals surface area contributed by atoms with E-state index in [1.807, 2.05) is 6.07 Å². The number of rotatable bonds is 7. The second-order valence-corrected chi connectivity index (χ2v) is 6.52. The van der Waals surface area contributed by atoms with Gasteiger partial charge in [-0.1, -0.05) is 12.1 Å². The molecule has 0 aliphatic carbocycles. The van der Waals surface area contributed by atoms with Gasteiger partial charge in [-0.15, -0.1) is 0 Å². The van der Waals surface area contributed by atoms with Crippen molar-refractivity contribution in [2.45, 2.75) is 6.42 Å². The number of aromatic nitrogens is 1. The van der Waals surface area contributed by atoms with Crippen LogP contribution in [-0.4, -0.2) is 41.8 Å². The molecule has 0 saturated carbocycles. The number of hydrogen-bond acceptors (Lipinski definition) is 5. The molecular formula is C18H18BrN5O2. The Labute approximate surface area is 160 Å². The maximum atomic E-state index is 12.0. The minimum atomic E-state index is -0.213. The first kappa shape index (κ1) is 19.6. The van der Waals surface area contributed by atoms with Crippen LogP contribution in [0.25, 0.3) is 0 Å². The lowest BCUT2D eigenvalue weighted by Gasteiger charge is -2.16. The third-order valence-corrected chi connectivity index (χ3v) is 3.92. The molecule has 0 fully saturated rings. The minimum absolute atomic E-state index is 0.139.